The number of hydrogen-bond donors (Lipinski definition) is 2. The van der Waals surface area contributed by atoms with Crippen LogP contribution < -0.4 is 5.32 Å². The van der Waals surface area contributed by atoms with Crippen molar-refractivity contribution >= 4 is 5.82 Å². The normalized spacial score (nSPS) is 10.0. The molecule has 2 heterocycles. The zero-order chi connectivity index (χ0) is 14.2. The maximum atomic E-state index is 9.21. The fourth-order valence-corrected chi connectivity index (χ4v) is 1.84. The Kier molecular flexibility index (Phi) is 5.04. The van der Waals surface area contributed by atoms with E-state index in [1.165, 1.54) is 0 Å². The predicted octanol–water partition coefficient (Wildman–Crippen LogP) is 2.20. The number of pyridine rings is 2. The number of anilines is 1. The van der Waals surface area contributed by atoms with Crippen LogP contribution in [0.4, 0.5) is 5.82 Å². The van der Waals surface area contributed by atoms with Crippen LogP contribution in [0.1, 0.15) is 18.4 Å². The maximum absolute atomic E-state index is 9.21. The first kappa shape index (κ1) is 14.0. The molecule has 5 nitrogen and oxygen atoms in total. The van der Waals surface area contributed by atoms with Crippen molar-refractivity contribution < 1.29 is 5.11 Å². The van der Waals surface area contributed by atoms with Crippen LogP contribution in [0.5, 0.6) is 0 Å². The molecule has 0 unspecified atom stereocenters. The van der Waals surface area contributed by atoms with Gasteiger partial charge in [-0.3, -0.25) is 4.98 Å². The molecule has 0 bridgehead atoms. The Morgan fingerprint density at radius 2 is 2.00 bits per heavy atom. The molecule has 0 spiro atoms. The molecule has 0 aromatic carbocycles. The highest BCUT2D eigenvalue weighted by molar-refractivity contribution is 5.67. The lowest BCUT2D eigenvalue weighted by atomic mass is 10.1. The van der Waals surface area contributed by atoms with Gasteiger partial charge in [0.05, 0.1) is 5.56 Å². The number of aliphatic hydroxyl groups is 1. The van der Waals surface area contributed by atoms with Crippen molar-refractivity contribution in [3.05, 3.63) is 42.4 Å². The van der Waals surface area contributed by atoms with Gasteiger partial charge in [0, 0.05) is 37.3 Å². The molecule has 2 N–H and O–H groups in total. The molecular weight excluding hydrogens is 252 g/mol. The third kappa shape index (κ3) is 3.53. The van der Waals surface area contributed by atoms with Gasteiger partial charge in [-0.1, -0.05) is 0 Å². The topological polar surface area (TPSA) is 81.8 Å². The van der Waals surface area contributed by atoms with Gasteiger partial charge in [0.1, 0.15) is 11.9 Å². The third-order valence-corrected chi connectivity index (χ3v) is 2.90. The standard InChI is InChI=1S/C15H16N4O/c16-10-13-9-14(12-3-6-17-7-4-12)11-19-15(13)18-5-1-2-8-20/h3-4,6-7,9,11,20H,1-2,5,8H2,(H,18,19). The summed E-state index contributed by atoms with van der Waals surface area (Å²) in [6.07, 6.45) is 6.74. The van der Waals surface area contributed by atoms with Crippen LogP contribution in [0.3, 0.4) is 0 Å². The Labute approximate surface area is 117 Å². The first-order valence-electron chi connectivity index (χ1n) is 6.50. The molecule has 2 rings (SSSR count). The Bertz CT molecular complexity index is 593. The number of unbranched alkanes of at least 4 members (excludes halogenated alkanes) is 1. The number of nitrogens with one attached hydrogen (secondary N) is 1. The van der Waals surface area contributed by atoms with E-state index in [1.54, 1.807) is 18.6 Å². The highest BCUT2D eigenvalue weighted by atomic mass is 16.2. The number of hydrogen-bond acceptors (Lipinski definition) is 5. The molecule has 5 heteroatoms. The van der Waals surface area contributed by atoms with Crippen LogP contribution in [0.2, 0.25) is 0 Å². The Balaban J connectivity index is 2.14. The van der Waals surface area contributed by atoms with Crippen LogP contribution in [0.15, 0.2) is 36.8 Å². The van der Waals surface area contributed by atoms with Gasteiger partial charge in [0.2, 0.25) is 0 Å². The summed E-state index contributed by atoms with van der Waals surface area (Å²) in [5, 5.41) is 21.1. The molecule has 0 saturated carbocycles. The zero-order valence-electron chi connectivity index (χ0n) is 11.1. The maximum Gasteiger partial charge on any atom is 0.143 e. The van der Waals surface area contributed by atoms with E-state index in [2.05, 4.69) is 21.4 Å². The van der Waals surface area contributed by atoms with Crippen molar-refractivity contribution in [1.82, 2.24) is 9.97 Å². The monoisotopic (exact) mass is 268 g/mol. The van der Waals surface area contributed by atoms with E-state index >= 15 is 0 Å². The van der Waals surface area contributed by atoms with Gasteiger partial charge in [-0.05, 0) is 36.6 Å². The molecule has 2 aromatic heterocycles. The Morgan fingerprint density at radius 3 is 2.70 bits per heavy atom. The quantitative estimate of drug-likeness (QED) is 0.785. The first-order chi connectivity index (χ1) is 9.85. The number of rotatable bonds is 6. The van der Waals surface area contributed by atoms with Gasteiger partial charge in [-0.2, -0.15) is 5.26 Å². The lowest BCUT2D eigenvalue weighted by Gasteiger charge is -2.08. The molecular formula is C15H16N4O. The Morgan fingerprint density at radius 1 is 1.20 bits per heavy atom. The Hall–Kier alpha value is -2.45. The van der Waals surface area contributed by atoms with Crippen LogP contribution >= 0.6 is 0 Å². The molecule has 0 fully saturated rings. The van der Waals surface area contributed by atoms with Crippen LogP contribution in [0.25, 0.3) is 11.1 Å². The van der Waals surface area contributed by atoms with E-state index < -0.39 is 0 Å². The molecule has 0 saturated heterocycles. The van der Waals surface area contributed by atoms with Crippen LogP contribution in [-0.4, -0.2) is 28.2 Å². The van der Waals surface area contributed by atoms with E-state index in [9.17, 15) is 5.26 Å². The number of aliphatic hydroxyl groups excluding tert-OH is 1. The highest BCUT2D eigenvalue weighted by Crippen LogP contribution is 2.22. The van der Waals surface area contributed by atoms with E-state index in [1.807, 2.05) is 18.2 Å². The summed E-state index contributed by atoms with van der Waals surface area (Å²) >= 11 is 0. The molecule has 0 aliphatic rings. The summed E-state index contributed by atoms with van der Waals surface area (Å²) in [7, 11) is 0. The summed E-state index contributed by atoms with van der Waals surface area (Å²) in [6.45, 7) is 0.873. The van der Waals surface area contributed by atoms with Gasteiger partial charge >= 0.3 is 0 Å². The van der Waals surface area contributed by atoms with Crippen molar-refractivity contribution in [2.75, 3.05) is 18.5 Å². The lowest BCUT2D eigenvalue weighted by Crippen LogP contribution is -2.06. The summed E-state index contributed by atoms with van der Waals surface area (Å²) in [5.41, 5.74) is 2.39. The van der Waals surface area contributed by atoms with Crippen LogP contribution in [-0.2, 0) is 0 Å². The van der Waals surface area contributed by atoms with Crippen LogP contribution in [0, 0.1) is 11.3 Å². The van der Waals surface area contributed by atoms with Crippen molar-refractivity contribution in [3.8, 4) is 17.2 Å². The fraction of sp³-hybridized carbons (Fsp3) is 0.267. The third-order valence-electron chi connectivity index (χ3n) is 2.90. The molecule has 0 radical (unpaired) electrons. The van der Waals surface area contributed by atoms with Crippen molar-refractivity contribution in [1.29, 1.82) is 5.26 Å². The van der Waals surface area contributed by atoms with Gasteiger partial charge in [-0.25, -0.2) is 4.98 Å². The van der Waals surface area contributed by atoms with Gasteiger partial charge in [0.15, 0.2) is 0 Å². The molecule has 0 amide bonds. The summed E-state index contributed by atoms with van der Waals surface area (Å²) < 4.78 is 0. The first-order valence-corrected chi connectivity index (χ1v) is 6.50. The minimum absolute atomic E-state index is 0.182. The second-order valence-corrected chi connectivity index (χ2v) is 4.33. The molecule has 2 aromatic rings. The van der Waals surface area contributed by atoms with E-state index in [4.69, 9.17) is 5.11 Å². The molecule has 0 aliphatic heterocycles. The second kappa shape index (κ2) is 7.22. The molecule has 20 heavy (non-hydrogen) atoms. The summed E-state index contributed by atoms with van der Waals surface area (Å²) in [5.74, 6) is 0.586. The van der Waals surface area contributed by atoms with Crippen molar-refractivity contribution in [3.63, 3.8) is 0 Å². The molecule has 0 atom stereocenters. The zero-order valence-corrected chi connectivity index (χ0v) is 11.1. The molecule has 102 valence electrons. The minimum Gasteiger partial charge on any atom is -0.396 e. The highest BCUT2D eigenvalue weighted by Gasteiger charge is 2.06. The number of aromatic nitrogens is 2. The lowest BCUT2D eigenvalue weighted by molar-refractivity contribution is 0.286. The van der Waals surface area contributed by atoms with E-state index in [-0.39, 0.29) is 6.61 Å². The van der Waals surface area contributed by atoms with Gasteiger partial charge < -0.3 is 10.4 Å². The predicted molar refractivity (Wildman–Crippen MR) is 77.0 cm³/mol. The number of nitrogens with zero attached hydrogens (tertiary/aromatic N) is 3. The SMILES string of the molecule is N#Cc1cc(-c2ccncc2)cnc1NCCCCO. The second-order valence-electron chi connectivity index (χ2n) is 4.33. The summed E-state index contributed by atoms with van der Waals surface area (Å²) in [6, 6.07) is 7.74. The van der Waals surface area contributed by atoms with Gasteiger partial charge in [0.25, 0.3) is 0 Å². The van der Waals surface area contributed by atoms with Gasteiger partial charge in [-0.15, -0.1) is 0 Å². The largest absolute Gasteiger partial charge is 0.396 e. The number of nitriles is 1. The van der Waals surface area contributed by atoms with Crippen molar-refractivity contribution in [2.45, 2.75) is 12.8 Å². The average molecular weight is 268 g/mol. The minimum atomic E-state index is 0.182. The van der Waals surface area contributed by atoms with E-state index in [0.29, 0.717) is 17.9 Å². The fourth-order valence-electron chi connectivity index (χ4n) is 1.84. The molecule has 0 aliphatic carbocycles. The van der Waals surface area contributed by atoms with E-state index in [0.717, 1.165) is 24.0 Å². The van der Waals surface area contributed by atoms with Crippen molar-refractivity contribution in [2.24, 2.45) is 0 Å². The summed E-state index contributed by atoms with van der Waals surface area (Å²) in [4.78, 5) is 8.28. The smallest absolute Gasteiger partial charge is 0.143 e. The average Bonchev–Trinajstić information content (AvgIpc) is 2.52.